The minimum atomic E-state index is -3.60. The summed E-state index contributed by atoms with van der Waals surface area (Å²) in [6, 6.07) is 23.9. The molecule has 2 aliphatic heterocycles. The van der Waals surface area contributed by atoms with Crippen molar-refractivity contribution >= 4 is 10.0 Å². The Labute approximate surface area is 202 Å². The summed E-state index contributed by atoms with van der Waals surface area (Å²) >= 11 is 0. The van der Waals surface area contributed by atoms with E-state index in [0.29, 0.717) is 18.0 Å². The Kier molecular flexibility index (Phi) is 6.34. The highest BCUT2D eigenvalue weighted by molar-refractivity contribution is 7.89. The molecule has 0 bridgehead atoms. The highest BCUT2D eigenvalue weighted by atomic mass is 32.2. The molecule has 34 heavy (non-hydrogen) atoms. The monoisotopic (exact) mass is 476 g/mol. The Bertz CT molecular complexity index is 1270. The van der Waals surface area contributed by atoms with E-state index in [-0.39, 0.29) is 12.0 Å². The predicted molar refractivity (Wildman–Crippen MR) is 135 cm³/mol. The van der Waals surface area contributed by atoms with Crippen molar-refractivity contribution in [2.75, 3.05) is 19.6 Å². The van der Waals surface area contributed by atoms with E-state index in [1.807, 2.05) is 19.1 Å². The fourth-order valence-corrected chi connectivity index (χ4v) is 7.15. The van der Waals surface area contributed by atoms with Gasteiger partial charge in [-0.1, -0.05) is 72.3 Å². The molecule has 178 valence electrons. The first-order valence-corrected chi connectivity index (χ1v) is 13.5. The molecular formula is C28H32N2O3S. The van der Waals surface area contributed by atoms with E-state index < -0.39 is 16.3 Å². The molecule has 2 aliphatic rings. The molecule has 0 aromatic heterocycles. The van der Waals surface area contributed by atoms with Gasteiger partial charge in [-0.2, -0.15) is 4.31 Å². The number of aliphatic hydroxyl groups excluding tert-OH is 1. The number of benzene rings is 3. The van der Waals surface area contributed by atoms with Crippen molar-refractivity contribution in [3.8, 4) is 11.1 Å². The summed E-state index contributed by atoms with van der Waals surface area (Å²) < 4.78 is 28.7. The van der Waals surface area contributed by atoms with E-state index in [1.165, 1.54) is 11.1 Å². The highest BCUT2D eigenvalue weighted by Crippen LogP contribution is 2.42. The van der Waals surface area contributed by atoms with Gasteiger partial charge in [0.15, 0.2) is 0 Å². The van der Waals surface area contributed by atoms with Gasteiger partial charge in [0.25, 0.3) is 0 Å². The zero-order chi connectivity index (χ0) is 23.9. The zero-order valence-electron chi connectivity index (χ0n) is 19.8. The molecule has 5 rings (SSSR count). The molecule has 0 spiro atoms. The molecule has 2 fully saturated rings. The second kappa shape index (κ2) is 9.27. The van der Waals surface area contributed by atoms with E-state index in [2.05, 4.69) is 60.4 Å². The standard InChI is InChI=1S/C28H32N2O3S/c1-20-8-7-10-24(18-20)22-12-14-23(15-13-22)27-25-19-29(16-5-6-17-30(25)28(27)31)34(32,33)26-11-4-3-9-21(26)2/h3-4,7-15,18,25,27-28,31H,5-6,16-17,19H2,1-2H3/t25-,27-,28+/m0/s1. The van der Waals surface area contributed by atoms with Crippen molar-refractivity contribution in [1.82, 2.24) is 9.21 Å². The third kappa shape index (κ3) is 4.20. The molecule has 3 atom stereocenters. The number of fused-ring (bicyclic) bond motifs is 1. The normalized spacial score (nSPS) is 24.0. The second-order valence-electron chi connectivity index (χ2n) is 9.57. The minimum Gasteiger partial charge on any atom is -0.378 e. The summed E-state index contributed by atoms with van der Waals surface area (Å²) in [6.07, 6.45) is 1.07. The summed E-state index contributed by atoms with van der Waals surface area (Å²) in [5, 5.41) is 11.0. The maximum atomic E-state index is 13.5. The van der Waals surface area contributed by atoms with Crippen molar-refractivity contribution in [2.45, 2.75) is 49.8 Å². The largest absolute Gasteiger partial charge is 0.378 e. The smallest absolute Gasteiger partial charge is 0.243 e. The number of aliphatic hydroxyl groups is 1. The lowest BCUT2D eigenvalue weighted by molar-refractivity contribution is -0.148. The van der Waals surface area contributed by atoms with Crippen LogP contribution in [0, 0.1) is 13.8 Å². The highest BCUT2D eigenvalue weighted by Gasteiger charge is 2.50. The maximum Gasteiger partial charge on any atom is 0.243 e. The quantitative estimate of drug-likeness (QED) is 0.601. The van der Waals surface area contributed by atoms with Crippen LogP contribution < -0.4 is 0 Å². The van der Waals surface area contributed by atoms with Crippen molar-refractivity contribution in [3.05, 3.63) is 89.5 Å². The topological polar surface area (TPSA) is 60.9 Å². The van der Waals surface area contributed by atoms with E-state index in [4.69, 9.17) is 0 Å². The molecule has 0 saturated carbocycles. The zero-order valence-corrected chi connectivity index (χ0v) is 20.6. The summed E-state index contributed by atoms with van der Waals surface area (Å²) in [4.78, 5) is 2.44. The third-order valence-corrected chi connectivity index (χ3v) is 9.35. The average molecular weight is 477 g/mol. The van der Waals surface area contributed by atoms with Gasteiger partial charge in [0.2, 0.25) is 10.0 Å². The minimum absolute atomic E-state index is 0.0427. The summed E-state index contributed by atoms with van der Waals surface area (Å²) in [7, 11) is -3.60. The molecule has 2 heterocycles. The van der Waals surface area contributed by atoms with E-state index >= 15 is 0 Å². The van der Waals surface area contributed by atoms with Gasteiger partial charge in [0.05, 0.1) is 4.90 Å². The van der Waals surface area contributed by atoms with Crippen LogP contribution in [-0.4, -0.2) is 54.6 Å². The van der Waals surface area contributed by atoms with Crippen molar-refractivity contribution in [2.24, 2.45) is 0 Å². The summed E-state index contributed by atoms with van der Waals surface area (Å²) in [5.41, 5.74) is 5.34. The van der Waals surface area contributed by atoms with Crippen molar-refractivity contribution in [1.29, 1.82) is 0 Å². The van der Waals surface area contributed by atoms with Crippen LogP contribution in [-0.2, 0) is 10.0 Å². The molecule has 3 aromatic carbocycles. The molecule has 0 aliphatic carbocycles. The number of rotatable bonds is 4. The van der Waals surface area contributed by atoms with Crippen LogP contribution in [0.3, 0.4) is 0 Å². The van der Waals surface area contributed by atoms with Crippen molar-refractivity contribution in [3.63, 3.8) is 0 Å². The Morgan fingerprint density at radius 1 is 0.853 bits per heavy atom. The molecule has 1 N–H and O–H groups in total. The maximum absolute atomic E-state index is 13.5. The number of sulfonamides is 1. The Hall–Kier alpha value is -2.51. The Morgan fingerprint density at radius 2 is 1.59 bits per heavy atom. The van der Waals surface area contributed by atoms with Gasteiger partial charge < -0.3 is 5.11 Å². The fourth-order valence-electron chi connectivity index (χ4n) is 5.42. The molecular weight excluding hydrogens is 444 g/mol. The SMILES string of the molecule is Cc1cccc(-c2ccc([C@@H]3[C@@H](O)N4CCCCN(S(=O)(=O)c5ccccc5C)C[C@@H]34)cc2)c1. The van der Waals surface area contributed by atoms with Crippen LogP contribution in [0.5, 0.6) is 0 Å². The molecule has 0 amide bonds. The van der Waals surface area contributed by atoms with Crippen LogP contribution in [0.25, 0.3) is 11.1 Å². The Morgan fingerprint density at radius 3 is 2.32 bits per heavy atom. The number of hydrogen-bond acceptors (Lipinski definition) is 4. The van der Waals surface area contributed by atoms with Gasteiger partial charge in [-0.3, -0.25) is 4.90 Å². The van der Waals surface area contributed by atoms with Crippen LogP contribution >= 0.6 is 0 Å². The predicted octanol–water partition coefficient (Wildman–Crippen LogP) is 4.54. The second-order valence-corrected chi connectivity index (χ2v) is 11.5. The van der Waals surface area contributed by atoms with Gasteiger partial charge in [-0.05, 0) is 55.0 Å². The number of nitrogens with zero attached hydrogens (tertiary/aromatic N) is 2. The van der Waals surface area contributed by atoms with Gasteiger partial charge in [0.1, 0.15) is 6.23 Å². The lowest BCUT2D eigenvalue weighted by atomic mass is 9.79. The van der Waals surface area contributed by atoms with Gasteiger partial charge >= 0.3 is 0 Å². The van der Waals surface area contributed by atoms with E-state index in [1.54, 1.807) is 16.4 Å². The van der Waals surface area contributed by atoms with Gasteiger partial charge in [0, 0.05) is 31.6 Å². The molecule has 3 aromatic rings. The van der Waals surface area contributed by atoms with Gasteiger partial charge in [-0.15, -0.1) is 0 Å². The number of aryl methyl sites for hydroxylation is 2. The summed E-state index contributed by atoms with van der Waals surface area (Å²) in [6.45, 7) is 5.62. The molecule has 0 radical (unpaired) electrons. The molecule has 2 saturated heterocycles. The van der Waals surface area contributed by atoms with Crippen LogP contribution in [0.15, 0.2) is 77.7 Å². The first-order valence-electron chi connectivity index (χ1n) is 12.0. The lowest BCUT2D eigenvalue weighted by Gasteiger charge is -2.55. The van der Waals surface area contributed by atoms with Gasteiger partial charge in [-0.25, -0.2) is 8.42 Å². The first-order chi connectivity index (χ1) is 16.4. The van der Waals surface area contributed by atoms with E-state index in [9.17, 15) is 13.5 Å². The van der Waals surface area contributed by atoms with Crippen LogP contribution in [0.2, 0.25) is 0 Å². The first kappa shape index (κ1) is 23.2. The number of hydrogen-bond donors (Lipinski definition) is 1. The lowest BCUT2D eigenvalue weighted by Crippen LogP contribution is -2.66. The molecule has 0 unspecified atom stereocenters. The average Bonchev–Trinajstić information content (AvgIpc) is 2.81. The van der Waals surface area contributed by atoms with Crippen LogP contribution in [0.4, 0.5) is 0 Å². The fraction of sp³-hybridized carbons (Fsp3) is 0.357. The van der Waals surface area contributed by atoms with Crippen molar-refractivity contribution < 1.29 is 13.5 Å². The third-order valence-electron chi connectivity index (χ3n) is 7.32. The van der Waals surface area contributed by atoms with E-state index in [0.717, 1.165) is 36.1 Å². The summed E-state index contributed by atoms with van der Waals surface area (Å²) in [5.74, 6) is -0.112. The molecule has 6 heteroatoms. The van der Waals surface area contributed by atoms with Crippen LogP contribution in [0.1, 0.15) is 35.4 Å². The molecule has 5 nitrogen and oxygen atoms in total. The Balaban J connectivity index is 1.41.